The van der Waals surface area contributed by atoms with Crippen molar-refractivity contribution in [3.8, 4) is 5.75 Å². The van der Waals surface area contributed by atoms with Gasteiger partial charge in [0.1, 0.15) is 5.75 Å². The molecule has 0 fully saturated rings. The molecule has 0 bridgehead atoms. The van der Waals surface area contributed by atoms with Crippen LogP contribution in [0, 0.1) is 0 Å². The topological polar surface area (TPSA) is 58.0 Å². The molecule has 1 aromatic rings. The van der Waals surface area contributed by atoms with Crippen molar-refractivity contribution in [2.24, 2.45) is 5.11 Å². The van der Waals surface area contributed by atoms with Crippen LogP contribution in [-0.2, 0) is 0 Å². The molecule has 0 aliphatic rings. The van der Waals surface area contributed by atoms with Crippen LogP contribution in [0.15, 0.2) is 29.4 Å². The molecular formula is C9H10ClN3O. The first-order valence-corrected chi connectivity index (χ1v) is 4.53. The Balaban J connectivity index is 2.53. The van der Waals surface area contributed by atoms with Crippen molar-refractivity contribution in [2.45, 2.75) is 13.0 Å². The third-order valence-electron chi connectivity index (χ3n) is 1.57. The first-order chi connectivity index (χ1) is 6.74. The van der Waals surface area contributed by atoms with E-state index >= 15 is 0 Å². The van der Waals surface area contributed by atoms with Crippen molar-refractivity contribution in [2.75, 3.05) is 6.61 Å². The maximum absolute atomic E-state index is 8.17. The summed E-state index contributed by atoms with van der Waals surface area (Å²) in [5, 5.41) is 4.04. The molecule has 0 spiro atoms. The normalized spacial score (nSPS) is 11.6. The maximum atomic E-state index is 8.17. The van der Waals surface area contributed by atoms with E-state index in [0.717, 1.165) is 0 Å². The van der Waals surface area contributed by atoms with E-state index in [4.69, 9.17) is 21.9 Å². The summed E-state index contributed by atoms with van der Waals surface area (Å²) in [6.07, 6.45) is 0. The monoisotopic (exact) mass is 211 g/mol. The molecule has 1 rings (SSSR count). The van der Waals surface area contributed by atoms with E-state index in [-0.39, 0.29) is 6.04 Å². The van der Waals surface area contributed by atoms with Gasteiger partial charge in [0.25, 0.3) is 0 Å². The smallest absolute Gasteiger partial charge is 0.137 e. The summed E-state index contributed by atoms with van der Waals surface area (Å²) in [6, 6.07) is 6.97. The molecule has 0 radical (unpaired) electrons. The fraction of sp³-hybridized carbons (Fsp3) is 0.333. The summed E-state index contributed by atoms with van der Waals surface area (Å²) in [7, 11) is 0. The number of rotatable bonds is 4. The second-order valence-electron chi connectivity index (χ2n) is 2.80. The van der Waals surface area contributed by atoms with E-state index in [0.29, 0.717) is 17.4 Å². The van der Waals surface area contributed by atoms with E-state index in [9.17, 15) is 0 Å². The van der Waals surface area contributed by atoms with Crippen LogP contribution in [0.3, 0.4) is 0 Å². The van der Waals surface area contributed by atoms with E-state index in [1.807, 2.05) is 12.1 Å². The molecule has 0 heterocycles. The zero-order valence-corrected chi connectivity index (χ0v) is 8.48. The van der Waals surface area contributed by atoms with Gasteiger partial charge in [0, 0.05) is 4.91 Å². The Morgan fingerprint density at radius 1 is 1.57 bits per heavy atom. The standard InChI is InChI=1S/C9H10ClN3O/c1-7(12-13-11)6-14-9-5-3-2-4-8(9)10/h2-5,7H,6H2,1H3. The molecule has 0 aromatic heterocycles. The molecule has 0 N–H and O–H groups in total. The summed E-state index contributed by atoms with van der Waals surface area (Å²) in [5.41, 5.74) is 8.17. The van der Waals surface area contributed by atoms with Crippen LogP contribution >= 0.6 is 11.6 Å². The SMILES string of the molecule is CC(COc1ccccc1Cl)N=[N+]=[N-]. The van der Waals surface area contributed by atoms with Crippen LogP contribution in [0.4, 0.5) is 0 Å². The maximum Gasteiger partial charge on any atom is 0.137 e. The van der Waals surface area contributed by atoms with Crippen molar-refractivity contribution in [1.29, 1.82) is 0 Å². The molecular weight excluding hydrogens is 202 g/mol. The first-order valence-electron chi connectivity index (χ1n) is 4.15. The van der Waals surface area contributed by atoms with E-state index < -0.39 is 0 Å². The van der Waals surface area contributed by atoms with Gasteiger partial charge in [-0.15, -0.1) is 0 Å². The summed E-state index contributed by atoms with van der Waals surface area (Å²) < 4.78 is 5.35. The molecule has 0 saturated heterocycles. The lowest BCUT2D eigenvalue weighted by Gasteiger charge is -2.09. The lowest BCUT2D eigenvalue weighted by Crippen LogP contribution is -2.10. The second-order valence-corrected chi connectivity index (χ2v) is 3.20. The van der Waals surface area contributed by atoms with Gasteiger partial charge >= 0.3 is 0 Å². The number of halogens is 1. The van der Waals surface area contributed by atoms with Crippen LogP contribution < -0.4 is 4.74 Å². The Bertz CT molecular complexity index is 350. The number of ether oxygens (including phenoxy) is 1. The van der Waals surface area contributed by atoms with Gasteiger partial charge in [-0.1, -0.05) is 35.8 Å². The fourth-order valence-corrected chi connectivity index (χ4v) is 1.08. The predicted octanol–water partition coefficient (Wildman–Crippen LogP) is 3.42. The van der Waals surface area contributed by atoms with Crippen LogP contribution in [0.1, 0.15) is 6.92 Å². The minimum atomic E-state index is -0.198. The predicted molar refractivity (Wildman–Crippen MR) is 55.6 cm³/mol. The van der Waals surface area contributed by atoms with Crippen molar-refractivity contribution < 1.29 is 4.74 Å². The molecule has 0 saturated carbocycles. The van der Waals surface area contributed by atoms with E-state index in [1.54, 1.807) is 19.1 Å². The minimum absolute atomic E-state index is 0.198. The van der Waals surface area contributed by atoms with E-state index in [2.05, 4.69) is 10.0 Å². The molecule has 74 valence electrons. The van der Waals surface area contributed by atoms with Crippen molar-refractivity contribution in [3.05, 3.63) is 39.7 Å². The highest BCUT2D eigenvalue weighted by Gasteiger charge is 2.02. The van der Waals surface area contributed by atoms with Gasteiger partial charge in [0.15, 0.2) is 0 Å². The lowest BCUT2D eigenvalue weighted by molar-refractivity contribution is 0.296. The number of para-hydroxylation sites is 1. The number of hydrogen-bond donors (Lipinski definition) is 0. The summed E-state index contributed by atoms with van der Waals surface area (Å²) >= 11 is 5.86. The molecule has 1 aromatic carbocycles. The van der Waals surface area contributed by atoms with Crippen molar-refractivity contribution in [1.82, 2.24) is 0 Å². The van der Waals surface area contributed by atoms with Gasteiger partial charge < -0.3 is 4.74 Å². The molecule has 4 nitrogen and oxygen atoms in total. The Morgan fingerprint density at radius 3 is 2.93 bits per heavy atom. The molecule has 14 heavy (non-hydrogen) atoms. The lowest BCUT2D eigenvalue weighted by atomic mass is 10.3. The Hall–Kier alpha value is -1.38. The van der Waals surface area contributed by atoms with Gasteiger partial charge in [0.05, 0.1) is 17.7 Å². The van der Waals surface area contributed by atoms with Gasteiger partial charge in [0.2, 0.25) is 0 Å². The Kier molecular flexibility index (Phi) is 4.11. The highest BCUT2D eigenvalue weighted by molar-refractivity contribution is 6.32. The first kappa shape index (κ1) is 10.7. The van der Waals surface area contributed by atoms with Gasteiger partial charge in [-0.25, -0.2) is 0 Å². The van der Waals surface area contributed by atoms with Crippen molar-refractivity contribution >= 4 is 11.6 Å². The molecule has 0 amide bonds. The molecule has 5 heteroatoms. The second kappa shape index (κ2) is 5.37. The molecule has 1 unspecified atom stereocenters. The number of nitrogens with zero attached hydrogens (tertiary/aromatic N) is 3. The number of hydrogen-bond acceptors (Lipinski definition) is 2. The van der Waals surface area contributed by atoms with Gasteiger partial charge in [-0.3, -0.25) is 0 Å². The Morgan fingerprint density at radius 2 is 2.29 bits per heavy atom. The number of azide groups is 1. The summed E-state index contributed by atoms with van der Waals surface area (Å²) in [4.78, 5) is 2.68. The average molecular weight is 212 g/mol. The quantitative estimate of drug-likeness (QED) is 0.428. The minimum Gasteiger partial charge on any atom is -0.492 e. The van der Waals surface area contributed by atoms with Crippen LogP contribution in [-0.4, -0.2) is 12.6 Å². The molecule has 1 atom stereocenters. The average Bonchev–Trinajstić information content (AvgIpc) is 2.17. The van der Waals surface area contributed by atoms with Crippen molar-refractivity contribution in [3.63, 3.8) is 0 Å². The summed E-state index contributed by atoms with van der Waals surface area (Å²) in [6.45, 7) is 2.10. The third kappa shape index (κ3) is 3.17. The third-order valence-corrected chi connectivity index (χ3v) is 1.88. The molecule has 0 aliphatic carbocycles. The van der Waals surface area contributed by atoms with Crippen LogP contribution in [0.25, 0.3) is 10.4 Å². The van der Waals surface area contributed by atoms with Crippen LogP contribution in [0.5, 0.6) is 5.75 Å². The highest BCUT2D eigenvalue weighted by Crippen LogP contribution is 2.23. The summed E-state index contributed by atoms with van der Waals surface area (Å²) in [5.74, 6) is 0.606. The van der Waals surface area contributed by atoms with Gasteiger partial charge in [-0.2, -0.15) is 0 Å². The largest absolute Gasteiger partial charge is 0.492 e. The zero-order chi connectivity index (χ0) is 10.4. The fourth-order valence-electron chi connectivity index (χ4n) is 0.894. The Labute approximate surface area is 87.1 Å². The number of benzene rings is 1. The zero-order valence-electron chi connectivity index (χ0n) is 7.72. The molecule has 0 aliphatic heterocycles. The van der Waals surface area contributed by atoms with Crippen LogP contribution in [0.2, 0.25) is 5.02 Å². The highest BCUT2D eigenvalue weighted by atomic mass is 35.5. The van der Waals surface area contributed by atoms with E-state index in [1.165, 1.54) is 0 Å². The van der Waals surface area contributed by atoms with Gasteiger partial charge in [-0.05, 0) is 17.7 Å².